The number of hydrogen-bond donors (Lipinski definition) is 1. The highest BCUT2D eigenvalue weighted by atomic mass is 32.1. The largest absolute Gasteiger partial charge is 0.370 e. The third-order valence-electron chi connectivity index (χ3n) is 4.74. The summed E-state index contributed by atoms with van der Waals surface area (Å²) < 4.78 is 5.39. The van der Waals surface area contributed by atoms with E-state index in [0.29, 0.717) is 6.42 Å². The molecule has 25 heavy (non-hydrogen) atoms. The summed E-state index contributed by atoms with van der Waals surface area (Å²) in [6.07, 6.45) is 1.34. The van der Waals surface area contributed by atoms with E-state index in [0.717, 1.165) is 49.9 Å². The maximum atomic E-state index is 12.9. The maximum Gasteiger partial charge on any atom is 0.248 e. The molecule has 0 radical (unpaired) electrons. The molecule has 4 rings (SSSR count). The number of carbonyl (C=O) groups excluding carboxylic acids is 1. The quantitative estimate of drug-likeness (QED) is 0.865. The van der Waals surface area contributed by atoms with Crippen molar-refractivity contribution in [3.8, 4) is 0 Å². The molecule has 0 unspecified atom stereocenters. The highest BCUT2D eigenvalue weighted by Gasteiger charge is 2.34. The Balaban J connectivity index is 1.48. The average Bonchev–Trinajstić information content (AvgIpc) is 3.40. The van der Waals surface area contributed by atoms with Crippen LogP contribution in [0, 0.1) is 0 Å². The van der Waals surface area contributed by atoms with E-state index in [1.807, 2.05) is 12.1 Å². The van der Waals surface area contributed by atoms with Gasteiger partial charge >= 0.3 is 0 Å². The van der Waals surface area contributed by atoms with Crippen LogP contribution in [-0.2, 0) is 9.53 Å². The summed E-state index contributed by atoms with van der Waals surface area (Å²) in [7, 11) is 0. The van der Waals surface area contributed by atoms with Gasteiger partial charge in [-0.3, -0.25) is 4.79 Å². The van der Waals surface area contributed by atoms with Gasteiger partial charge < -0.3 is 9.64 Å². The Kier molecular flexibility index (Phi) is 5.26. The van der Waals surface area contributed by atoms with E-state index in [-0.39, 0.29) is 11.9 Å². The van der Waals surface area contributed by atoms with Crippen molar-refractivity contribution in [2.45, 2.75) is 18.9 Å². The lowest BCUT2D eigenvalue weighted by Gasteiger charge is -2.25. The molecule has 2 aromatic rings. The average molecular weight is 377 g/mol. The van der Waals surface area contributed by atoms with Crippen LogP contribution in [0.1, 0.15) is 28.6 Å². The van der Waals surface area contributed by atoms with E-state index in [9.17, 15) is 4.79 Å². The number of nitrogens with zero attached hydrogens (tertiary/aromatic N) is 2. The van der Waals surface area contributed by atoms with Crippen molar-refractivity contribution in [1.82, 2.24) is 5.01 Å². The molecular formula is C18H22N3O2S2+. The minimum absolute atomic E-state index is 0.0456. The smallest absolute Gasteiger partial charge is 0.248 e. The van der Waals surface area contributed by atoms with Crippen LogP contribution in [0.15, 0.2) is 40.1 Å². The molecule has 132 valence electrons. The molecule has 0 aromatic carbocycles. The number of hydrogen-bond acceptors (Lipinski definition) is 5. The molecule has 2 aromatic heterocycles. The van der Waals surface area contributed by atoms with E-state index < -0.39 is 0 Å². The third kappa shape index (κ3) is 3.84. The van der Waals surface area contributed by atoms with Gasteiger partial charge in [0.2, 0.25) is 5.91 Å². The van der Waals surface area contributed by atoms with Crippen LogP contribution in [0.2, 0.25) is 0 Å². The zero-order chi connectivity index (χ0) is 17.1. The molecule has 1 atom stereocenters. The molecule has 1 amide bonds. The second kappa shape index (κ2) is 7.78. The van der Waals surface area contributed by atoms with Gasteiger partial charge in [0.1, 0.15) is 13.1 Å². The zero-order valence-corrected chi connectivity index (χ0v) is 15.7. The number of amides is 1. The van der Waals surface area contributed by atoms with Gasteiger partial charge in [0.15, 0.2) is 0 Å². The lowest BCUT2D eigenvalue weighted by atomic mass is 10.1. The Bertz CT molecular complexity index is 722. The van der Waals surface area contributed by atoms with Crippen molar-refractivity contribution in [1.29, 1.82) is 0 Å². The molecule has 1 fully saturated rings. The first-order valence-corrected chi connectivity index (χ1v) is 10.5. The highest BCUT2D eigenvalue weighted by Crippen LogP contribution is 2.36. The Hall–Kier alpha value is -1.54. The number of nitrogens with one attached hydrogen (secondary N) is 1. The minimum atomic E-state index is 0.0456. The van der Waals surface area contributed by atoms with Crippen LogP contribution in [-0.4, -0.2) is 49.5 Å². The minimum Gasteiger partial charge on any atom is -0.370 e. The van der Waals surface area contributed by atoms with Gasteiger partial charge in [0.05, 0.1) is 42.8 Å². The number of thiophene rings is 2. The van der Waals surface area contributed by atoms with Crippen LogP contribution < -0.4 is 4.90 Å². The zero-order valence-electron chi connectivity index (χ0n) is 14.0. The van der Waals surface area contributed by atoms with Gasteiger partial charge in [-0.1, -0.05) is 12.1 Å². The number of hydrazone groups is 1. The summed E-state index contributed by atoms with van der Waals surface area (Å²) in [5.74, 6) is 0.129. The second-order valence-electron chi connectivity index (χ2n) is 6.36. The van der Waals surface area contributed by atoms with Crippen molar-refractivity contribution in [2.24, 2.45) is 5.10 Å². The standard InChI is InChI=1S/C18H21N3O2S2/c22-18(5-6-20-7-9-23-10-8-20)21-15(17-4-2-12-25-17)13-14(19-21)16-3-1-11-24-16/h1-4,11-12,15H,5-10,13H2/p+1/t15-/m0/s1. The van der Waals surface area contributed by atoms with Gasteiger partial charge in [-0.05, 0) is 22.9 Å². The van der Waals surface area contributed by atoms with E-state index in [1.54, 1.807) is 27.7 Å². The summed E-state index contributed by atoms with van der Waals surface area (Å²) in [6.45, 7) is 4.44. The molecule has 2 aliphatic rings. The van der Waals surface area contributed by atoms with Crippen molar-refractivity contribution >= 4 is 34.3 Å². The van der Waals surface area contributed by atoms with Crippen LogP contribution in [0.5, 0.6) is 0 Å². The molecule has 0 bridgehead atoms. The lowest BCUT2D eigenvalue weighted by Crippen LogP contribution is -3.14. The maximum absolute atomic E-state index is 12.9. The Morgan fingerprint density at radius 3 is 2.76 bits per heavy atom. The Morgan fingerprint density at radius 2 is 2.04 bits per heavy atom. The lowest BCUT2D eigenvalue weighted by molar-refractivity contribution is -0.907. The van der Waals surface area contributed by atoms with E-state index >= 15 is 0 Å². The van der Waals surface area contributed by atoms with Gasteiger partial charge in [0.25, 0.3) is 0 Å². The fraction of sp³-hybridized carbons (Fsp3) is 0.444. The topological polar surface area (TPSA) is 46.3 Å². The predicted octanol–water partition coefficient (Wildman–Crippen LogP) is 1.79. The third-order valence-corrected chi connectivity index (χ3v) is 6.63. The molecule has 4 heterocycles. The normalized spacial score (nSPS) is 21.5. The molecule has 1 saturated heterocycles. The number of quaternary nitrogens is 1. The summed E-state index contributed by atoms with van der Waals surface area (Å²) in [6, 6.07) is 8.32. The van der Waals surface area contributed by atoms with Crippen LogP contribution in [0.3, 0.4) is 0 Å². The first-order chi connectivity index (χ1) is 12.3. The monoisotopic (exact) mass is 376 g/mol. The van der Waals surface area contributed by atoms with Crippen molar-refractivity contribution in [3.05, 3.63) is 44.8 Å². The van der Waals surface area contributed by atoms with Crippen LogP contribution in [0.4, 0.5) is 0 Å². The molecule has 1 N–H and O–H groups in total. The van der Waals surface area contributed by atoms with E-state index in [2.05, 4.69) is 22.9 Å². The number of carbonyl (C=O) groups is 1. The van der Waals surface area contributed by atoms with Gasteiger partial charge in [0, 0.05) is 11.3 Å². The molecule has 0 spiro atoms. The number of morpholine rings is 1. The molecule has 0 aliphatic carbocycles. The number of ether oxygens (including phenoxy) is 1. The fourth-order valence-corrected chi connectivity index (χ4v) is 4.88. The van der Waals surface area contributed by atoms with Crippen molar-refractivity contribution < 1.29 is 14.4 Å². The molecular weight excluding hydrogens is 354 g/mol. The molecule has 7 heteroatoms. The molecule has 5 nitrogen and oxygen atoms in total. The first-order valence-electron chi connectivity index (χ1n) is 8.69. The predicted molar refractivity (Wildman–Crippen MR) is 100 cm³/mol. The number of rotatable bonds is 5. The fourth-order valence-electron chi connectivity index (χ4n) is 3.34. The first kappa shape index (κ1) is 16.9. The summed E-state index contributed by atoms with van der Waals surface area (Å²) >= 11 is 3.39. The molecule has 2 aliphatic heterocycles. The van der Waals surface area contributed by atoms with Crippen molar-refractivity contribution in [3.63, 3.8) is 0 Å². The second-order valence-corrected chi connectivity index (χ2v) is 8.29. The van der Waals surface area contributed by atoms with E-state index in [4.69, 9.17) is 9.84 Å². The van der Waals surface area contributed by atoms with E-state index in [1.165, 1.54) is 9.78 Å². The van der Waals surface area contributed by atoms with Crippen LogP contribution in [0.25, 0.3) is 0 Å². The van der Waals surface area contributed by atoms with Crippen LogP contribution >= 0.6 is 22.7 Å². The van der Waals surface area contributed by atoms with Crippen molar-refractivity contribution in [2.75, 3.05) is 32.8 Å². The summed E-state index contributed by atoms with van der Waals surface area (Å²) in [5, 5.41) is 10.6. The highest BCUT2D eigenvalue weighted by molar-refractivity contribution is 7.12. The van der Waals surface area contributed by atoms with Gasteiger partial charge in [-0.25, -0.2) is 5.01 Å². The van der Waals surface area contributed by atoms with Gasteiger partial charge in [-0.2, -0.15) is 5.10 Å². The Labute approximate surface area is 155 Å². The SMILES string of the molecule is O=C(CC[NH+]1CCOCC1)N1N=C(c2cccs2)C[C@H]1c1cccs1. The van der Waals surface area contributed by atoms with Gasteiger partial charge in [-0.15, -0.1) is 22.7 Å². The molecule has 0 saturated carbocycles. The summed E-state index contributed by atoms with van der Waals surface area (Å²) in [5.41, 5.74) is 1.03. The Morgan fingerprint density at radius 1 is 1.24 bits per heavy atom. The summed E-state index contributed by atoms with van der Waals surface area (Å²) in [4.78, 5) is 16.7.